The topological polar surface area (TPSA) is 76.5 Å². The van der Waals surface area contributed by atoms with Gasteiger partial charge in [0.2, 0.25) is 5.91 Å². The zero-order valence-corrected chi connectivity index (χ0v) is 13.7. The Morgan fingerprint density at radius 2 is 2.09 bits per heavy atom. The summed E-state index contributed by atoms with van der Waals surface area (Å²) in [5, 5.41) is 3.03. The van der Waals surface area contributed by atoms with E-state index in [1.54, 1.807) is 13.0 Å². The molecule has 0 aliphatic carbocycles. The van der Waals surface area contributed by atoms with Crippen molar-refractivity contribution in [1.29, 1.82) is 0 Å². The number of rotatable bonds is 4. The van der Waals surface area contributed by atoms with E-state index in [2.05, 4.69) is 15.2 Å². The summed E-state index contributed by atoms with van der Waals surface area (Å²) in [5.41, 5.74) is 1.04. The van der Waals surface area contributed by atoms with Gasteiger partial charge in [0, 0.05) is 11.4 Å². The summed E-state index contributed by atoms with van der Waals surface area (Å²) >= 11 is 0. The van der Waals surface area contributed by atoms with E-state index >= 15 is 0 Å². The van der Waals surface area contributed by atoms with E-state index in [0.717, 1.165) is 18.8 Å². The van der Waals surface area contributed by atoms with Crippen LogP contribution in [0.4, 0.5) is 0 Å². The molecule has 2 fully saturated rings. The van der Waals surface area contributed by atoms with E-state index in [0.29, 0.717) is 18.9 Å². The SMILES string of the molecule is Cc1cc(C)n(CC(=O)N[C@H]2COC[C@@H]2N2CCCC2)c(=O)n1. The lowest BCUT2D eigenvalue weighted by Crippen LogP contribution is -2.51. The maximum atomic E-state index is 12.3. The Kier molecular flexibility index (Phi) is 4.77. The number of ether oxygens (including phenoxy) is 1. The van der Waals surface area contributed by atoms with E-state index in [1.807, 2.05) is 6.92 Å². The number of hydrogen-bond donors (Lipinski definition) is 1. The van der Waals surface area contributed by atoms with Crippen LogP contribution in [0.15, 0.2) is 10.9 Å². The number of aromatic nitrogens is 2. The number of hydrogen-bond acceptors (Lipinski definition) is 5. The van der Waals surface area contributed by atoms with Crippen molar-refractivity contribution in [1.82, 2.24) is 19.8 Å². The van der Waals surface area contributed by atoms with Gasteiger partial charge in [-0.25, -0.2) is 4.79 Å². The molecular formula is C16H24N4O3. The van der Waals surface area contributed by atoms with Crippen molar-refractivity contribution in [2.24, 2.45) is 0 Å². The van der Waals surface area contributed by atoms with E-state index < -0.39 is 0 Å². The van der Waals surface area contributed by atoms with Gasteiger partial charge in [-0.2, -0.15) is 4.98 Å². The van der Waals surface area contributed by atoms with Gasteiger partial charge in [0.1, 0.15) is 6.54 Å². The Labute approximate surface area is 135 Å². The maximum absolute atomic E-state index is 12.3. The molecule has 7 nitrogen and oxygen atoms in total. The van der Waals surface area contributed by atoms with Crippen LogP contribution in [0.2, 0.25) is 0 Å². The van der Waals surface area contributed by atoms with Crippen molar-refractivity contribution >= 4 is 5.91 Å². The monoisotopic (exact) mass is 320 g/mol. The van der Waals surface area contributed by atoms with Gasteiger partial charge in [-0.05, 0) is 45.8 Å². The van der Waals surface area contributed by atoms with Gasteiger partial charge in [-0.1, -0.05) is 0 Å². The highest BCUT2D eigenvalue weighted by Gasteiger charge is 2.35. The molecule has 0 saturated carbocycles. The normalized spacial score (nSPS) is 25.0. The predicted octanol–water partition coefficient (Wildman–Crippen LogP) is -0.160. The summed E-state index contributed by atoms with van der Waals surface area (Å²) in [4.78, 5) is 30.6. The van der Waals surface area contributed by atoms with Crippen molar-refractivity contribution < 1.29 is 9.53 Å². The zero-order chi connectivity index (χ0) is 16.4. The van der Waals surface area contributed by atoms with Crippen LogP contribution in [0.1, 0.15) is 24.2 Å². The molecule has 2 aliphatic rings. The molecule has 0 radical (unpaired) electrons. The fraction of sp³-hybridized carbons (Fsp3) is 0.688. The van der Waals surface area contributed by atoms with Gasteiger partial charge in [0.05, 0.1) is 25.3 Å². The Morgan fingerprint density at radius 1 is 1.35 bits per heavy atom. The molecule has 23 heavy (non-hydrogen) atoms. The number of likely N-dealkylation sites (tertiary alicyclic amines) is 1. The molecule has 2 atom stereocenters. The molecule has 0 unspecified atom stereocenters. The van der Waals surface area contributed by atoms with Crippen LogP contribution in [0, 0.1) is 13.8 Å². The number of nitrogens with one attached hydrogen (secondary N) is 1. The molecule has 1 aromatic rings. The van der Waals surface area contributed by atoms with E-state index in [9.17, 15) is 9.59 Å². The lowest BCUT2D eigenvalue weighted by molar-refractivity contribution is -0.122. The average molecular weight is 320 g/mol. The lowest BCUT2D eigenvalue weighted by atomic mass is 10.1. The first-order valence-electron chi connectivity index (χ1n) is 8.21. The second-order valence-electron chi connectivity index (χ2n) is 6.43. The van der Waals surface area contributed by atoms with Crippen LogP contribution in [-0.2, 0) is 16.1 Å². The maximum Gasteiger partial charge on any atom is 0.348 e. The smallest absolute Gasteiger partial charge is 0.348 e. The van der Waals surface area contributed by atoms with Crippen molar-refractivity contribution in [2.45, 2.75) is 45.3 Å². The minimum atomic E-state index is -0.378. The van der Waals surface area contributed by atoms with Crippen LogP contribution in [0.3, 0.4) is 0 Å². The Bertz CT molecular complexity index is 637. The largest absolute Gasteiger partial charge is 0.378 e. The second-order valence-corrected chi connectivity index (χ2v) is 6.43. The minimum Gasteiger partial charge on any atom is -0.378 e. The van der Waals surface area contributed by atoms with Crippen molar-refractivity contribution in [2.75, 3.05) is 26.3 Å². The molecule has 1 N–H and O–H groups in total. The standard InChI is InChI=1S/C16H24N4O3/c1-11-7-12(2)20(16(22)17-11)8-15(21)18-13-9-23-10-14(13)19-5-3-4-6-19/h7,13-14H,3-6,8-10H2,1-2H3,(H,18,21)/t13-,14-/m0/s1. The molecule has 7 heteroatoms. The quantitative estimate of drug-likeness (QED) is 0.834. The lowest BCUT2D eigenvalue weighted by Gasteiger charge is -2.28. The number of nitrogens with zero attached hydrogens (tertiary/aromatic N) is 3. The third kappa shape index (κ3) is 3.61. The molecule has 1 aromatic heterocycles. The first kappa shape index (κ1) is 16.1. The third-order valence-corrected chi connectivity index (χ3v) is 4.65. The van der Waals surface area contributed by atoms with E-state index in [4.69, 9.17) is 4.74 Å². The summed E-state index contributed by atoms with van der Waals surface area (Å²) in [7, 11) is 0. The van der Waals surface area contributed by atoms with Crippen molar-refractivity contribution in [3.8, 4) is 0 Å². The molecule has 0 bridgehead atoms. The fourth-order valence-corrected chi connectivity index (χ4v) is 3.48. The van der Waals surface area contributed by atoms with Crippen molar-refractivity contribution in [3.05, 3.63) is 27.9 Å². The number of carbonyl (C=O) groups excluding carboxylic acids is 1. The van der Waals surface area contributed by atoms with Crippen LogP contribution in [0.25, 0.3) is 0 Å². The molecule has 2 aliphatic heterocycles. The minimum absolute atomic E-state index is 0.00116. The molecule has 0 spiro atoms. The fourth-order valence-electron chi connectivity index (χ4n) is 3.48. The summed E-state index contributed by atoms with van der Waals surface area (Å²) in [6.45, 7) is 6.93. The second kappa shape index (κ2) is 6.80. The van der Waals surface area contributed by atoms with Gasteiger partial charge in [-0.15, -0.1) is 0 Å². The zero-order valence-electron chi connectivity index (χ0n) is 13.7. The molecule has 0 aromatic carbocycles. The van der Waals surface area contributed by atoms with Crippen LogP contribution >= 0.6 is 0 Å². The first-order chi connectivity index (χ1) is 11.0. The highest BCUT2D eigenvalue weighted by atomic mass is 16.5. The first-order valence-corrected chi connectivity index (χ1v) is 8.21. The number of aryl methyl sites for hydroxylation is 2. The van der Waals surface area contributed by atoms with Gasteiger partial charge in [-0.3, -0.25) is 14.3 Å². The summed E-state index contributed by atoms with van der Waals surface area (Å²) in [6.07, 6.45) is 2.42. The predicted molar refractivity (Wildman–Crippen MR) is 85.3 cm³/mol. The average Bonchev–Trinajstić information content (AvgIpc) is 3.13. The Balaban J connectivity index is 1.64. The molecule has 3 heterocycles. The molecular weight excluding hydrogens is 296 g/mol. The van der Waals surface area contributed by atoms with Crippen LogP contribution < -0.4 is 11.0 Å². The molecule has 2 saturated heterocycles. The van der Waals surface area contributed by atoms with Crippen molar-refractivity contribution in [3.63, 3.8) is 0 Å². The van der Waals surface area contributed by atoms with Gasteiger partial charge >= 0.3 is 5.69 Å². The van der Waals surface area contributed by atoms with Crippen LogP contribution in [-0.4, -0.2) is 58.7 Å². The van der Waals surface area contributed by atoms with Crippen LogP contribution in [0.5, 0.6) is 0 Å². The molecule has 126 valence electrons. The van der Waals surface area contributed by atoms with E-state index in [-0.39, 0.29) is 30.2 Å². The van der Waals surface area contributed by atoms with E-state index in [1.165, 1.54) is 17.4 Å². The van der Waals surface area contributed by atoms with Gasteiger partial charge < -0.3 is 10.1 Å². The Hall–Kier alpha value is -1.73. The highest BCUT2D eigenvalue weighted by Crippen LogP contribution is 2.19. The molecule has 1 amide bonds. The number of amides is 1. The number of carbonyl (C=O) groups is 1. The summed E-state index contributed by atoms with van der Waals surface area (Å²) in [6, 6.07) is 2.05. The molecule has 3 rings (SSSR count). The third-order valence-electron chi connectivity index (χ3n) is 4.65. The highest BCUT2D eigenvalue weighted by molar-refractivity contribution is 5.76. The summed E-state index contributed by atoms with van der Waals surface area (Å²) < 4.78 is 6.96. The summed E-state index contributed by atoms with van der Waals surface area (Å²) in [5.74, 6) is -0.166. The van der Waals surface area contributed by atoms with Gasteiger partial charge in [0.15, 0.2) is 0 Å². The Morgan fingerprint density at radius 3 is 2.78 bits per heavy atom. The van der Waals surface area contributed by atoms with Gasteiger partial charge in [0.25, 0.3) is 0 Å².